The Labute approximate surface area is 113 Å². The zero-order valence-electron chi connectivity index (χ0n) is 10.2. The van der Waals surface area contributed by atoms with Crippen molar-refractivity contribution in [3.63, 3.8) is 0 Å². The molecule has 1 atom stereocenters. The molecule has 1 saturated heterocycles. The van der Waals surface area contributed by atoms with Gasteiger partial charge in [-0.2, -0.15) is 11.8 Å². The average molecular weight is 271 g/mol. The van der Waals surface area contributed by atoms with E-state index in [1.165, 1.54) is 18.8 Å². The zero-order chi connectivity index (χ0) is 12.1. The van der Waals surface area contributed by atoms with E-state index < -0.39 is 0 Å². The average Bonchev–Trinajstić information content (AvgIpc) is 2.32. The van der Waals surface area contributed by atoms with E-state index in [1.807, 2.05) is 24.3 Å². The summed E-state index contributed by atoms with van der Waals surface area (Å²) in [7, 11) is 0. The molecule has 1 N–H and O–H groups in total. The lowest BCUT2D eigenvalue weighted by atomic mass is 10.3. The van der Waals surface area contributed by atoms with Crippen molar-refractivity contribution in [2.75, 3.05) is 37.2 Å². The predicted molar refractivity (Wildman–Crippen MR) is 78.3 cm³/mol. The van der Waals surface area contributed by atoms with Crippen LogP contribution in [0.15, 0.2) is 24.3 Å². The Morgan fingerprint density at radius 2 is 2.29 bits per heavy atom. The first kappa shape index (κ1) is 13.1. The van der Waals surface area contributed by atoms with Crippen molar-refractivity contribution >= 4 is 29.1 Å². The molecule has 2 nitrogen and oxygen atoms in total. The molecule has 1 unspecified atom stereocenters. The highest BCUT2D eigenvalue weighted by atomic mass is 35.5. The number of nitrogens with one attached hydrogen (secondary N) is 1. The third kappa shape index (κ3) is 4.09. The Morgan fingerprint density at radius 3 is 3.06 bits per heavy atom. The van der Waals surface area contributed by atoms with Gasteiger partial charge in [0.15, 0.2) is 0 Å². The topological polar surface area (TPSA) is 15.3 Å². The quantitative estimate of drug-likeness (QED) is 0.905. The Kier molecular flexibility index (Phi) is 5.01. The molecule has 0 bridgehead atoms. The third-order valence-electron chi connectivity index (χ3n) is 2.94. The van der Waals surface area contributed by atoms with Gasteiger partial charge < -0.3 is 5.32 Å². The first-order chi connectivity index (χ1) is 8.25. The van der Waals surface area contributed by atoms with Crippen LogP contribution in [-0.4, -0.2) is 42.1 Å². The summed E-state index contributed by atoms with van der Waals surface area (Å²) in [5, 5.41) is 4.96. The van der Waals surface area contributed by atoms with Gasteiger partial charge in [0.1, 0.15) is 0 Å². The van der Waals surface area contributed by atoms with Crippen LogP contribution in [0.5, 0.6) is 0 Å². The molecule has 1 aliphatic rings. The van der Waals surface area contributed by atoms with Crippen LogP contribution < -0.4 is 5.32 Å². The van der Waals surface area contributed by atoms with Gasteiger partial charge in [-0.1, -0.05) is 30.7 Å². The van der Waals surface area contributed by atoms with Crippen LogP contribution in [0, 0.1) is 0 Å². The van der Waals surface area contributed by atoms with Gasteiger partial charge in [0, 0.05) is 37.2 Å². The minimum absolute atomic E-state index is 0.768. The molecule has 1 fully saturated rings. The van der Waals surface area contributed by atoms with Crippen molar-refractivity contribution in [2.24, 2.45) is 0 Å². The molecule has 4 heteroatoms. The fourth-order valence-electron chi connectivity index (χ4n) is 2.05. The fourth-order valence-corrected chi connectivity index (χ4v) is 3.33. The van der Waals surface area contributed by atoms with E-state index in [0.717, 1.165) is 29.0 Å². The molecule has 17 heavy (non-hydrogen) atoms. The van der Waals surface area contributed by atoms with E-state index >= 15 is 0 Å². The number of halogens is 1. The first-order valence-corrected chi connectivity index (χ1v) is 7.51. The molecule has 0 radical (unpaired) electrons. The Bertz CT molecular complexity index is 359. The van der Waals surface area contributed by atoms with Gasteiger partial charge in [0.25, 0.3) is 0 Å². The van der Waals surface area contributed by atoms with Crippen molar-refractivity contribution in [3.8, 4) is 0 Å². The number of hydrogen-bond acceptors (Lipinski definition) is 3. The lowest BCUT2D eigenvalue weighted by molar-refractivity contribution is 0.297. The van der Waals surface area contributed by atoms with Gasteiger partial charge in [0.05, 0.1) is 10.7 Å². The summed E-state index contributed by atoms with van der Waals surface area (Å²) in [6.07, 6.45) is 0. The van der Waals surface area contributed by atoms with Crippen LogP contribution in [0.4, 0.5) is 5.69 Å². The lowest BCUT2D eigenvalue weighted by Crippen LogP contribution is -2.39. The lowest BCUT2D eigenvalue weighted by Gasteiger charge is -2.30. The summed E-state index contributed by atoms with van der Waals surface area (Å²) < 4.78 is 0. The summed E-state index contributed by atoms with van der Waals surface area (Å²) in [6, 6.07) is 7.91. The zero-order valence-corrected chi connectivity index (χ0v) is 11.7. The number of rotatable bonds is 4. The van der Waals surface area contributed by atoms with Crippen LogP contribution in [0.2, 0.25) is 5.02 Å². The van der Waals surface area contributed by atoms with E-state index in [0.29, 0.717) is 0 Å². The standard InChI is InChI=1S/C13H19ClN2S/c1-11-10-16(8-9-17-11)7-6-15-13-5-3-2-4-12(13)14/h2-5,11,15H,6-10H2,1H3. The minimum atomic E-state index is 0.768. The number of thioether (sulfide) groups is 1. The van der Waals surface area contributed by atoms with Crippen LogP contribution in [0.3, 0.4) is 0 Å². The molecular formula is C13H19ClN2S. The summed E-state index contributed by atoms with van der Waals surface area (Å²) in [5.41, 5.74) is 1.04. The monoisotopic (exact) mass is 270 g/mol. The molecule has 1 aromatic carbocycles. The van der Waals surface area contributed by atoms with Crippen LogP contribution >= 0.6 is 23.4 Å². The number of para-hydroxylation sites is 1. The highest BCUT2D eigenvalue weighted by Crippen LogP contribution is 2.20. The Hall–Kier alpha value is -0.380. The largest absolute Gasteiger partial charge is 0.383 e. The molecule has 0 amide bonds. The molecule has 94 valence electrons. The second kappa shape index (κ2) is 6.53. The van der Waals surface area contributed by atoms with Gasteiger partial charge in [-0.3, -0.25) is 4.90 Å². The van der Waals surface area contributed by atoms with Crippen molar-refractivity contribution < 1.29 is 0 Å². The summed E-state index contributed by atoms with van der Waals surface area (Å²) in [6.45, 7) is 6.77. The Balaban J connectivity index is 1.74. The SMILES string of the molecule is CC1CN(CCNc2ccccc2Cl)CCS1. The highest BCUT2D eigenvalue weighted by Gasteiger charge is 2.15. The third-order valence-corrected chi connectivity index (χ3v) is 4.41. The van der Waals surface area contributed by atoms with E-state index in [4.69, 9.17) is 11.6 Å². The van der Waals surface area contributed by atoms with E-state index in [2.05, 4.69) is 28.9 Å². The summed E-state index contributed by atoms with van der Waals surface area (Å²) >= 11 is 8.16. The molecular weight excluding hydrogens is 252 g/mol. The summed E-state index contributed by atoms with van der Waals surface area (Å²) in [5.74, 6) is 1.26. The maximum Gasteiger partial charge on any atom is 0.0637 e. The smallest absolute Gasteiger partial charge is 0.0637 e. The van der Waals surface area contributed by atoms with Crippen molar-refractivity contribution in [1.82, 2.24) is 4.90 Å². The van der Waals surface area contributed by atoms with E-state index in [1.54, 1.807) is 0 Å². The molecule has 1 heterocycles. The number of nitrogens with zero attached hydrogens (tertiary/aromatic N) is 1. The van der Waals surface area contributed by atoms with E-state index in [9.17, 15) is 0 Å². The predicted octanol–water partition coefficient (Wildman–Crippen LogP) is 3.19. The first-order valence-electron chi connectivity index (χ1n) is 6.08. The molecule has 0 aromatic heterocycles. The second-order valence-corrected chi connectivity index (χ2v) is 6.34. The van der Waals surface area contributed by atoms with Crippen molar-refractivity contribution in [3.05, 3.63) is 29.3 Å². The summed E-state index contributed by atoms with van der Waals surface area (Å²) in [4.78, 5) is 2.52. The van der Waals surface area contributed by atoms with Gasteiger partial charge >= 0.3 is 0 Å². The molecule has 1 aromatic rings. The Morgan fingerprint density at radius 1 is 1.47 bits per heavy atom. The van der Waals surface area contributed by atoms with Gasteiger partial charge in [-0.15, -0.1) is 0 Å². The van der Waals surface area contributed by atoms with Crippen LogP contribution in [-0.2, 0) is 0 Å². The molecule has 0 aliphatic carbocycles. The van der Waals surface area contributed by atoms with Crippen molar-refractivity contribution in [2.45, 2.75) is 12.2 Å². The van der Waals surface area contributed by atoms with Gasteiger partial charge in [-0.05, 0) is 12.1 Å². The van der Waals surface area contributed by atoms with Gasteiger partial charge in [-0.25, -0.2) is 0 Å². The fraction of sp³-hybridized carbons (Fsp3) is 0.538. The normalized spacial score (nSPS) is 21.4. The molecule has 0 spiro atoms. The van der Waals surface area contributed by atoms with Crippen LogP contribution in [0.25, 0.3) is 0 Å². The minimum Gasteiger partial charge on any atom is -0.383 e. The molecule has 2 rings (SSSR count). The van der Waals surface area contributed by atoms with Crippen molar-refractivity contribution in [1.29, 1.82) is 0 Å². The number of anilines is 1. The number of benzene rings is 1. The van der Waals surface area contributed by atoms with Gasteiger partial charge in [0.2, 0.25) is 0 Å². The van der Waals surface area contributed by atoms with E-state index in [-0.39, 0.29) is 0 Å². The molecule has 1 aliphatic heterocycles. The number of hydrogen-bond donors (Lipinski definition) is 1. The highest BCUT2D eigenvalue weighted by molar-refractivity contribution is 7.99. The second-order valence-electron chi connectivity index (χ2n) is 4.39. The maximum absolute atomic E-state index is 6.09. The maximum atomic E-state index is 6.09. The van der Waals surface area contributed by atoms with Crippen LogP contribution in [0.1, 0.15) is 6.92 Å². The molecule has 0 saturated carbocycles.